The highest BCUT2D eigenvalue weighted by Gasteiger charge is 2.19. The molecule has 0 bridgehead atoms. The van der Waals surface area contributed by atoms with Gasteiger partial charge in [-0.3, -0.25) is 4.90 Å². The molecule has 1 fully saturated rings. The maximum Gasteiger partial charge on any atom is 0.156 e. The summed E-state index contributed by atoms with van der Waals surface area (Å²) in [6.45, 7) is 3.03. The van der Waals surface area contributed by atoms with Crippen LogP contribution in [0.5, 0.6) is 0 Å². The van der Waals surface area contributed by atoms with Crippen LogP contribution in [-0.4, -0.2) is 30.7 Å². The lowest BCUT2D eigenvalue weighted by Gasteiger charge is -2.29. The van der Waals surface area contributed by atoms with Crippen molar-refractivity contribution < 1.29 is 4.74 Å². The van der Waals surface area contributed by atoms with Crippen LogP contribution in [0.1, 0.15) is 5.56 Å². The van der Waals surface area contributed by atoms with Gasteiger partial charge in [0.15, 0.2) is 6.10 Å². The van der Waals surface area contributed by atoms with Crippen LogP contribution >= 0.6 is 11.6 Å². The molecule has 1 aromatic rings. The molecular weight excluding hydrogens is 224 g/mol. The van der Waals surface area contributed by atoms with Gasteiger partial charge in [-0.05, 0) is 17.7 Å². The number of halogens is 1. The van der Waals surface area contributed by atoms with Crippen LogP contribution in [-0.2, 0) is 11.3 Å². The van der Waals surface area contributed by atoms with Crippen molar-refractivity contribution in [3.05, 3.63) is 34.9 Å². The number of nitriles is 1. The average molecular weight is 237 g/mol. The summed E-state index contributed by atoms with van der Waals surface area (Å²) in [5.41, 5.74) is 1.21. The molecule has 1 heterocycles. The van der Waals surface area contributed by atoms with E-state index in [0.717, 1.165) is 18.1 Å². The molecule has 0 aliphatic carbocycles. The summed E-state index contributed by atoms with van der Waals surface area (Å²) < 4.78 is 5.29. The summed E-state index contributed by atoms with van der Waals surface area (Å²) in [5.74, 6) is 0. The van der Waals surface area contributed by atoms with Gasteiger partial charge in [-0.2, -0.15) is 5.26 Å². The molecule has 1 aromatic carbocycles. The van der Waals surface area contributed by atoms with Gasteiger partial charge in [0.2, 0.25) is 0 Å². The fourth-order valence-electron chi connectivity index (χ4n) is 1.77. The number of morpholine rings is 1. The summed E-state index contributed by atoms with van der Waals surface area (Å²) in [6.07, 6.45) is -0.291. The van der Waals surface area contributed by atoms with E-state index in [1.807, 2.05) is 24.3 Å². The molecule has 1 aliphatic rings. The van der Waals surface area contributed by atoms with Crippen molar-refractivity contribution in [3.63, 3.8) is 0 Å². The Kier molecular flexibility index (Phi) is 3.79. The van der Waals surface area contributed by atoms with Crippen LogP contribution in [0.3, 0.4) is 0 Å². The lowest BCUT2D eigenvalue weighted by Crippen LogP contribution is -2.41. The molecule has 0 aromatic heterocycles. The molecule has 16 heavy (non-hydrogen) atoms. The smallest absolute Gasteiger partial charge is 0.156 e. The quantitative estimate of drug-likeness (QED) is 0.789. The van der Waals surface area contributed by atoms with Gasteiger partial charge in [0, 0.05) is 24.7 Å². The number of hydrogen-bond acceptors (Lipinski definition) is 3. The maximum absolute atomic E-state index is 8.79. The Morgan fingerprint density at radius 2 is 2.19 bits per heavy atom. The number of ether oxygens (including phenoxy) is 1. The SMILES string of the molecule is N#CC1CN(Cc2ccc(Cl)cc2)CCO1. The molecule has 0 N–H and O–H groups in total. The van der Waals surface area contributed by atoms with E-state index in [1.54, 1.807) is 0 Å². The van der Waals surface area contributed by atoms with Crippen LogP contribution in [0.25, 0.3) is 0 Å². The molecule has 0 saturated carbocycles. The largest absolute Gasteiger partial charge is 0.361 e. The number of nitrogens with zero attached hydrogens (tertiary/aromatic N) is 2. The first-order chi connectivity index (χ1) is 7.78. The van der Waals surface area contributed by atoms with E-state index in [4.69, 9.17) is 21.6 Å². The van der Waals surface area contributed by atoms with E-state index in [-0.39, 0.29) is 6.10 Å². The lowest BCUT2D eigenvalue weighted by atomic mass is 10.2. The third-order valence-electron chi connectivity index (χ3n) is 2.61. The van der Waals surface area contributed by atoms with Crippen molar-refractivity contribution in [1.82, 2.24) is 4.90 Å². The fourth-order valence-corrected chi connectivity index (χ4v) is 1.90. The highest BCUT2D eigenvalue weighted by atomic mass is 35.5. The van der Waals surface area contributed by atoms with Crippen molar-refractivity contribution in [1.29, 1.82) is 5.26 Å². The standard InChI is InChI=1S/C12H13ClN2O/c13-11-3-1-10(2-4-11)8-15-5-6-16-12(7-14)9-15/h1-4,12H,5-6,8-9H2. The van der Waals surface area contributed by atoms with Crippen LogP contribution in [0.4, 0.5) is 0 Å². The zero-order chi connectivity index (χ0) is 11.4. The third-order valence-corrected chi connectivity index (χ3v) is 2.87. The highest BCUT2D eigenvalue weighted by molar-refractivity contribution is 6.30. The molecule has 3 nitrogen and oxygen atoms in total. The second-order valence-electron chi connectivity index (χ2n) is 3.85. The molecular formula is C12H13ClN2O. The van der Waals surface area contributed by atoms with Gasteiger partial charge in [0.25, 0.3) is 0 Å². The van der Waals surface area contributed by atoms with Crippen LogP contribution < -0.4 is 0 Å². The molecule has 1 atom stereocenters. The topological polar surface area (TPSA) is 36.3 Å². The maximum atomic E-state index is 8.79. The first kappa shape index (κ1) is 11.4. The normalized spacial score (nSPS) is 21.6. The number of benzene rings is 1. The van der Waals surface area contributed by atoms with Gasteiger partial charge < -0.3 is 4.74 Å². The highest BCUT2D eigenvalue weighted by Crippen LogP contribution is 2.13. The zero-order valence-electron chi connectivity index (χ0n) is 8.90. The molecule has 0 amide bonds. The lowest BCUT2D eigenvalue weighted by molar-refractivity contribution is -0.00269. The van der Waals surface area contributed by atoms with Crippen molar-refractivity contribution in [2.45, 2.75) is 12.6 Å². The van der Waals surface area contributed by atoms with Gasteiger partial charge in [0.05, 0.1) is 12.7 Å². The first-order valence-corrected chi connectivity index (χ1v) is 5.64. The minimum absolute atomic E-state index is 0.291. The molecule has 0 spiro atoms. The number of rotatable bonds is 2. The summed E-state index contributed by atoms with van der Waals surface area (Å²) in [5, 5.41) is 9.54. The van der Waals surface area contributed by atoms with E-state index in [2.05, 4.69) is 11.0 Å². The Morgan fingerprint density at radius 3 is 2.88 bits per heavy atom. The van der Waals surface area contributed by atoms with Gasteiger partial charge in [-0.15, -0.1) is 0 Å². The van der Waals surface area contributed by atoms with Gasteiger partial charge in [0.1, 0.15) is 0 Å². The Labute approximate surface area is 100 Å². The number of hydrogen-bond donors (Lipinski definition) is 0. The van der Waals surface area contributed by atoms with Crippen molar-refractivity contribution in [2.75, 3.05) is 19.7 Å². The first-order valence-electron chi connectivity index (χ1n) is 5.26. The van der Waals surface area contributed by atoms with Crippen molar-refractivity contribution in [3.8, 4) is 6.07 Å². The van der Waals surface area contributed by atoms with Crippen LogP contribution in [0.15, 0.2) is 24.3 Å². The van der Waals surface area contributed by atoms with E-state index in [0.29, 0.717) is 13.2 Å². The second-order valence-corrected chi connectivity index (χ2v) is 4.29. The molecule has 0 radical (unpaired) electrons. The summed E-state index contributed by atoms with van der Waals surface area (Å²) in [4.78, 5) is 2.22. The van der Waals surface area contributed by atoms with Crippen molar-refractivity contribution in [2.24, 2.45) is 0 Å². The fraction of sp³-hybridized carbons (Fsp3) is 0.417. The molecule has 4 heteroatoms. The van der Waals surface area contributed by atoms with Gasteiger partial charge in [-0.1, -0.05) is 23.7 Å². The zero-order valence-corrected chi connectivity index (χ0v) is 9.65. The van der Waals surface area contributed by atoms with Crippen LogP contribution in [0, 0.1) is 11.3 Å². The van der Waals surface area contributed by atoms with E-state index in [1.165, 1.54) is 5.56 Å². The summed E-state index contributed by atoms with van der Waals surface area (Å²) >= 11 is 5.82. The second kappa shape index (κ2) is 5.31. The predicted molar refractivity (Wildman–Crippen MR) is 62.1 cm³/mol. The molecule has 1 unspecified atom stereocenters. The summed E-state index contributed by atoms with van der Waals surface area (Å²) in [7, 11) is 0. The van der Waals surface area contributed by atoms with E-state index in [9.17, 15) is 0 Å². The Bertz CT molecular complexity index is 385. The summed E-state index contributed by atoms with van der Waals surface area (Å²) in [6, 6.07) is 9.95. The Balaban J connectivity index is 1.94. The Morgan fingerprint density at radius 1 is 1.44 bits per heavy atom. The molecule has 1 saturated heterocycles. The van der Waals surface area contributed by atoms with E-state index < -0.39 is 0 Å². The monoisotopic (exact) mass is 236 g/mol. The van der Waals surface area contributed by atoms with Gasteiger partial charge in [-0.25, -0.2) is 0 Å². The minimum Gasteiger partial charge on any atom is -0.361 e. The minimum atomic E-state index is -0.291. The predicted octanol–water partition coefficient (Wildman–Crippen LogP) is 2.06. The molecule has 84 valence electrons. The average Bonchev–Trinajstić information content (AvgIpc) is 2.32. The van der Waals surface area contributed by atoms with E-state index >= 15 is 0 Å². The molecule has 1 aliphatic heterocycles. The van der Waals surface area contributed by atoms with Crippen molar-refractivity contribution >= 4 is 11.6 Å². The Hall–Kier alpha value is -1.08. The molecule has 2 rings (SSSR count). The third kappa shape index (κ3) is 2.96. The van der Waals surface area contributed by atoms with Crippen LogP contribution in [0.2, 0.25) is 5.02 Å². The van der Waals surface area contributed by atoms with Gasteiger partial charge >= 0.3 is 0 Å².